The number of aromatic nitrogens is 3. The van der Waals surface area contributed by atoms with Crippen LogP contribution in [0.2, 0.25) is 6.04 Å². The van der Waals surface area contributed by atoms with Crippen LogP contribution in [0.25, 0.3) is 11.3 Å². The molecular weight excluding hydrogens is 462 g/mol. The third-order valence-electron chi connectivity index (χ3n) is 6.64. The number of pyridine rings is 1. The van der Waals surface area contributed by atoms with Crippen LogP contribution in [0, 0.1) is 5.41 Å². The van der Waals surface area contributed by atoms with E-state index >= 15 is 0 Å². The molecule has 0 bridgehead atoms. The Kier molecular flexibility index (Phi) is 15.6. The fourth-order valence-corrected chi connectivity index (χ4v) is 5.04. The van der Waals surface area contributed by atoms with E-state index < -0.39 is 0 Å². The Labute approximate surface area is 223 Å². The molecule has 0 aromatic carbocycles. The van der Waals surface area contributed by atoms with Crippen molar-refractivity contribution in [3.05, 3.63) is 36.2 Å². The molecule has 0 fully saturated rings. The summed E-state index contributed by atoms with van der Waals surface area (Å²) in [5.74, 6) is 0.664. The second-order valence-corrected chi connectivity index (χ2v) is 11.6. The molecule has 0 aliphatic rings. The van der Waals surface area contributed by atoms with Crippen molar-refractivity contribution in [2.75, 3.05) is 13.2 Å². The molecule has 5 nitrogen and oxygen atoms in total. The van der Waals surface area contributed by atoms with Gasteiger partial charge in [0.2, 0.25) is 5.88 Å². The predicted molar refractivity (Wildman–Crippen MR) is 152 cm³/mol. The van der Waals surface area contributed by atoms with Crippen LogP contribution in [0.3, 0.4) is 0 Å². The van der Waals surface area contributed by atoms with Gasteiger partial charge in [-0.05, 0) is 74.2 Å². The highest BCUT2D eigenvalue weighted by molar-refractivity contribution is 6.28. The maximum absolute atomic E-state index is 6.09. The molecule has 0 spiro atoms. The zero-order valence-corrected chi connectivity index (χ0v) is 24.4. The maximum Gasteiger partial charge on any atom is 0.312 e. The molecule has 0 saturated heterocycles. The highest BCUT2D eigenvalue weighted by Crippen LogP contribution is 2.30. The van der Waals surface area contributed by atoms with Crippen LogP contribution in [0.5, 0.6) is 5.88 Å². The molecule has 2 rings (SSSR count). The maximum atomic E-state index is 6.09. The van der Waals surface area contributed by atoms with E-state index in [1.807, 2.05) is 18.2 Å². The molecule has 0 unspecified atom stereocenters. The van der Waals surface area contributed by atoms with Gasteiger partial charge in [0.25, 0.3) is 0 Å². The third-order valence-corrected chi connectivity index (χ3v) is 7.53. The summed E-state index contributed by atoms with van der Waals surface area (Å²) < 4.78 is 11.8. The van der Waals surface area contributed by atoms with Crippen LogP contribution in [-0.2, 0) is 11.2 Å². The molecular formula is C30H49N3O2Si. The molecule has 2 aromatic rings. The molecule has 0 aliphatic carbocycles. The Morgan fingerprint density at radius 2 is 1.58 bits per heavy atom. The fourth-order valence-electron chi connectivity index (χ4n) is 4.25. The average Bonchev–Trinajstić information content (AvgIpc) is 2.89. The smallest absolute Gasteiger partial charge is 0.312 e. The predicted octanol–water partition coefficient (Wildman–Crippen LogP) is 8.26. The van der Waals surface area contributed by atoms with E-state index in [-0.39, 0.29) is 0 Å². The van der Waals surface area contributed by atoms with Crippen LogP contribution < -0.4 is 4.43 Å². The lowest BCUT2D eigenvalue weighted by Gasteiger charge is -2.24. The van der Waals surface area contributed by atoms with Crippen molar-refractivity contribution in [1.82, 2.24) is 15.2 Å². The Morgan fingerprint density at radius 3 is 2.33 bits per heavy atom. The molecule has 2 heterocycles. The van der Waals surface area contributed by atoms with Crippen molar-refractivity contribution in [1.29, 1.82) is 0 Å². The lowest BCUT2D eigenvalue weighted by atomic mass is 9.82. The van der Waals surface area contributed by atoms with Gasteiger partial charge in [-0.3, -0.25) is 0 Å². The number of nitrogens with zero attached hydrogens (tertiary/aromatic N) is 3. The van der Waals surface area contributed by atoms with Gasteiger partial charge in [-0.1, -0.05) is 72.6 Å². The topological polar surface area (TPSA) is 57.1 Å². The minimum atomic E-state index is 0.419. The quantitative estimate of drug-likeness (QED) is 0.125. The van der Waals surface area contributed by atoms with Crippen molar-refractivity contribution in [2.45, 2.75) is 117 Å². The average molecular weight is 512 g/mol. The van der Waals surface area contributed by atoms with Gasteiger partial charge in [0.1, 0.15) is 0 Å². The third kappa shape index (κ3) is 13.0. The zero-order valence-electron chi connectivity index (χ0n) is 23.4. The Bertz CT molecular complexity index is 814. The van der Waals surface area contributed by atoms with Crippen molar-refractivity contribution in [3.8, 4) is 17.1 Å². The monoisotopic (exact) mass is 511 g/mol. The molecule has 0 amide bonds. The normalized spacial score (nSPS) is 11.7. The lowest BCUT2D eigenvalue weighted by molar-refractivity contribution is 0.126. The highest BCUT2D eigenvalue weighted by Gasteiger charge is 2.16. The van der Waals surface area contributed by atoms with Crippen molar-refractivity contribution in [3.63, 3.8) is 0 Å². The molecule has 0 saturated carbocycles. The van der Waals surface area contributed by atoms with Crippen molar-refractivity contribution >= 4 is 9.76 Å². The Hall–Kier alpha value is -1.79. The van der Waals surface area contributed by atoms with E-state index in [0.29, 0.717) is 21.1 Å². The number of aryl methyl sites for hydroxylation is 1. The molecule has 6 heteroatoms. The SMILES string of the molecule is CCCCCCOCCCCc1ccc(-c2cccnc2O[Si]CCCCC(C)(C)CCCC)nn1. The zero-order chi connectivity index (χ0) is 25.9. The highest BCUT2D eigenvalue weighted by atomic mass is 28.2. The lowest BCUT2D eigenvalue weighted by Crippen LogP contribution is -2.11. The van der Waals surface area contributed by atoms with Gasteiger partial charge in [0, 0.05) is 19.4 Å². The number of ether oxygens (including phenoxy) is 1. The molecule has 2 radical (unpaired) electrons. The number of hydrogen-bond acceptors (Lipinski definition) is 5. The number of unbranched alkanes of at least 4 members (excludes halogenated alkanes) is 6. The Balaban J connectivity index is 1.69. The first-order chi connectivity index (χ1) is 17.6. The number of rotatable bonds is 21. The van der Waals surface area contributed by atoms with Crippen molar-refractivity contribution < 1.29 is 9.16 Å². The largest absolute Gasteiger partial charge is 0.528 e. The van der Waals surface area contributed by atoms with Gasteiger partial charge >= 0.3 is 9.76 Å². The minimum Gasteiger partial charge on any atom is -0.528 e. The molecule has 0 aliphatic heterocycles. The summed E-state index contributed by atoms with van der Waals surface area (Å²) in [7, 11) is 0.419. The van der Waals surface area contributed by atoms with E-state index in [1.165, 1.54) is 64.2 Å². The molecule has 0 N–H and O–H groups in total. The van der Waals surface area contributed by atoms with E-state index in [9.17, 15) is 0 Å². The molecule has 0 atom stereocenters. The van der Waals surface area contributed by atoms with E-state index in [4.69, 9.17) is 9.16 Å². The van der Waals surface area contributed by atoms with Crippen LogP contribution in [0.4, 0.5) is 0 Å². The summed E-state index contributed by atoms with van der Waals surface area (Å²) in [5.41, 5.74) is 3.22. The first-order valence-electron chi connectivity index (χ1n) is 14.3. The van der Waals surface area contributed by atoms with Gasteiger partial charge in [0.15, 0.2) is 0 Å². The summed E-state index contributed by atoms with van der Waals surface area (Å²) >= 11 is 0. The van der Waals surface area contributed by atoms with Crippen LogP contribution in [-0.4, -0.2) is 38.2 Å². The molecule has 36 heavy (non-hydrogen) atoms. The first kappa shape index (κ1) is 30.4. The van der Waals surface area contributed by atoms with Gasteiger partial charge in [0.05, 0.1) is 17.0 Å². The van der Waals surface area contributed by atoms with Gasteiger partial charge in [-0.2, -0.15) is 10.2 Å². The second kappa shape index (κ2) is 18.5. The summed E-state index contributed by atoms with van der Waals surface area (Å²) in [5, 5.41) is 8.93. The summed E-state index contributed by atoms with van der Waals surface area (Å²) in [6.07, 6.45) is 17.6. The van der Waals surface area contributed by atoms with Crippen LogP contribution in [0.1, 0.15) is 110 Å². The standard InChI is InChI=1S/C30H49N3O2Si/c1-5-7-9-12-23-34-24-13-10-16-26-18-19-28(33-32-26)27-17-15-22-31-29(27)35-36-25-14-11-21-30(3,4)20-8-6-2/h15,17-19,22H,5-14,16,20-21,23-25H2,1-4H3. The molecule has 200 valence electrons. The van der Waals surface area contributed by atoms with E-state index in [2.05, 4.69) is 48.9 Å². The summed E-state index contributed by atoms with van der Waals surface area (Å²) in [6, 6.07) is 9.14. The van der Waals surface area contributed by atoms with Crippen LogP contribution in [0.15, 0.2) is 30.5 Å². The van der Waals surface area contributed by atoms with Gasteiger partial charge in [-0.15, -0.1) is 0 Å². The summed E-state index contributed by atoms with van der Waals surface area (Å²) in [6.45, 7) is 11.0. The first-order valence-corrected chi connectivity index (χ1v) is 15.4. The summed E-state index contributed by atoms with van der Waals surface area (Å²) in [4.78, 5) is 4.47. The Morgan fingerprint density at radius 1 is 0.806 bits per heavy atom. The molecule has 2 aromatic heterocycles. The van der Waals surface area contributed by atoms with Gasteiger partial charge < -0.3 is 9.16 Å². The second-order valence-electron chi connectivity index (χ2n) is 10.6. The van der Waals surface area contributed by atoms with Crippen molar-refractivity contribution in [2.24, 2.45) is 5.41 Å². The van der Waals surface area contributed by atoms with E-state index in [1.54, 1.807) is 6.20 Å². The number of hydrogen-bond donors (Lipinski definition) is 0. The van der Waals surface area contributed by atoms with Gasteiger partial charge in [-0.25, -0.2) is 4.98 Å². The fraction of sp³-hybridized carbons (Fsp3) is 0.700. The van der Waals surface area contributed by atoms with Crippen LogP contribution >= 0.6 is 0 Å². The van der Waals surface area contributed by atoms with E-state index in [0.717, 1.165) is 55.5 Å². The minimum absolute atomic E-state index is 0.419.